The highest BCUT2D eigenvalue weighted by molar-refractivity contribution is 7.10. The summed E-state index contributed by atoms with van der Waals surface area (Å²) in [6.07, 6.45) is 2.51. The number of hydrogen-bond donors (Lipinski definition) is 0. The van der Waals surface area contributed by atoms with Crippen LogP contribution < -0.4 is 0 Å². The first-order valence-corrected chi connectivity index (χ1v) is 6.96. The summed E-state index contributed by atoms with van der Waals surface area (Å²) in [7, 11) is 0. The van der Waals surface area contributed by atoms with Gasteiger partial charge in [-0.1, -0.05) is 11.6 Å². The molecule has 1 amide bonds. The van der Waals surface area contributed by atoms with Crippen molar-refractivity contribution in [3.8, 4) is 0 Å². The molecule has 0 saturated heterocycles. The second kappa shape index (κ2) is 4.71. The van der Waals surface area contributed by atoms with E-state index in [0.29, 0.717) is 17.3 Å². The minimum absolute atomic E-state index is 0.0242. The number of carbonyl (C=O) groups excluding carboxylic acids is 1. The fourth-order valence-corrected chi connectivity index (χ4v) is 3.20. The van der Waals surface area contributed by atoms with Crippen LogP contribution in [0.2, 0.25) is 5.15 Å². The lowest BCUT2D eigenvalue weighted by molar-refractivity contribution is 0.0736. The maximum Gasteiger partial charge on any atom is 0.254 e. The molecule has 92 valence electrons. The first-order chi connectivity index (χ1) is 8.74. The number of pyridine rings is 1. The lowest BCUT2D eigenvalue weighted by atomic mass is 10.1. The van der Waals surface area contributed by atoms with Gasteiger partial charge in [0.2, 0.25) is 0 Å². The molecule has 2 aromatic rings. The molecule has 0 bridgehead atoms. The van der Waals surface area contributed by atoms with E-state index >= 15 is 0 Å². The number of carbonyl (C=O) groups is 1. The Morgan fingerprint density at radius 3 is 3.17 bits per heavy atom. The number of fused-ring (bicyclic) bond motifs is 1. The molecule has 0 aliphatic carbocycles. The van der Waals surface area contributed by atoms with Gasteiger partial charge >= 0.3 is 0 Å². The van der Waals surface area contributed by atoms with Gasteiger partial charge in [-0.25, -0.2) is 4.98 Å². The van der Waals surface area contributed by atoms with Crippen molar-refractivity contribution in [3.63, 3.8) is 0 Å². The van der Waals surface area contributed by atoms with Crippen molar-refractivity contribution in [1.29, 1.82) is 0 Å². The number of hydrogen-bond acceptors (Lipinski definition) is 3. The molecule has 0 fully saturated rings. The highest BCUT2D eigenvalue weighted by Crippen LogP contribution is 2.25. The van der Waals surface area contributed by atoms with Gasteiger partial charge in [0.1, 0.15) is 5.15 Å². The van der Waals surface area contributed by atoms with Crippen LogP contribution >= 0.6 is 22.9 Å². The van der Waals surface area contributed by atoms with Crippen molar-refractivity contribution < 1.29 is 4.79 Å². The Kier molecular flexibility index (Phi) is 3.06. The summed E-state index contributed by atoms with van der Waals surface area (Å²) in [6, 6.07) is 5.42. The summed E-state index contributed by atoms with van der Waals surface area (Å²) < 4.78 is 0. The van der Waals surface area contributed by atoms with E-state index in [0.717, 1.165) is 13.0 Å². The van der Waals surface area contributed by atoms with Crippen LogP contribution in [0.4, 0.5) is 0 Å². The van der Waals surface area contributed by atoms with Gasteiger partial charge in [0.25, 0.3) is 5.91 Å². The Hall–Kier alpha value is -1.39. The lowest BCUT2D eigenvalue weighted by Gasteiger charge is -2.27. The maximum atomic E-state index is 12.3. The van der Waals surface area contributed by atoms with Crippen LogP contribution in [0.15, 0.2) is 29.8 Å². The second-order valence-corrected chi connectivity index (χ2v) is 5.60. The van der Waals surface area contributed by atoms with E-state index in [1.807, 2.05) is 4.90 Å². The van der Waals surface area contributed by atoms with Crippen molar-refractivity contribution in [2.45, 2.75) is 13.0 Å². The van der Waals surface area contributed by atoms with Gasteiger partial charge in [0.05, 0.1) is 0 Å². The summed E-state index contributed by atoms with van der Waals surface area (Å²) >= 11 is 7.58. The molecular formula is C13H11ClN2OS. The molecule has 1 aliphatic heterocycles. The summed E-state index contributed by atoms with van der Waals surface area (Å²) in [4.78, 5) is 19.5. The average Bonchev–Trinajstić information content (AvgIpc) is 2.85. The van der Waals surface area contributed by atoms with E-state index < -0.39 is 0 Å². The maximum absolute atomic E-state index is 12.3. The van der Waals surface area contributed by atoms with Crippen molar-refractivity contribution in [2.24, 2.45) is 0 Å². The zero-order valence-electron chi connectivity index (χ0n) is 9.60. The Morgan fingerprint density at radius 1 is 1.44 bits per heavy atom. The van der Waals surface area contributed by atoms with E-state index in [1.165, 1.54) is 10.4 Å². The molecule has 0 radical (unpaired) electrons. The molecule has 18 heavy (non-hydrogen) atoms. The largest absolute Gasteiger partial charge is 0.334 e. The molecule has 2 aromatic heterocycles. The predicted octanol–water partition coefficient (Wildman–Crippen LogP) is 3.00. The van der Waals surface area contributed by atoms with Gasteiger partial charge in [-0.05, 0) is 35.6 Å². The molecule has 0 N–H and O–H groups in total. The lowest BCUT2D eigenvalue weighted by Crippen LogP contribution is -2.35. The number of aromatic nitrogens is 1. The monoisotopic (exact) mass is 278 g/mol. The smallest absolute Gasteiger partial charge is 0.254 e. The van der Waals surface area contributed by atoms with Crippen LogP contribution in [0.5, 0.6) is 0 Å². The predicted molar refractivity (Wildman–Crippen MR) is 72.0 cm³/mol. The number of rotatable bonds is 1. The molecule has 0 unspecified atom stereocenters. The van der Waals surface area contributed by atoms with Crippen molar-refractivity contribution in [2.75, 3.05) is 6.54 Å². The van der Waals surface area contributed by atoms with E-state index in [-0.39, 0.29) is 5.91 Å². The fraction of sp³-hybridized carbons (Fsp3) is 0.231. The normalized spacial score (nSPS) is 14.4. The zero-order chi connectivity index (χ0) is 12.5. The highest BCUT2D eigenvalue weighted by Gasteiger charge is 2.22. The Labute approximate surface area is 114 Å². The quantitative estimate of drug-likeness (QED) is 0.752. The second-order valence-electron chi connectivity index (χ2n) is 4.21. The molecule has 1 aliphatic rings. The van der Waals surface area contributed by atoms with Gasteiger partial charge in [0.15, 0.2) is 0 Å². The number of nitrogens with zero attached hydrogens (tertiary/aromatic N) is 2. The van der Waals surface area contributed by atoms with Crippen LogP contribution in [0.3, 0.4) is 0 Å². The number of halogens is 1. The van der Waals surface area contributed by atoms with Crippen LogP contribution in [0.25, 0.3) is 0 Å². The third-order valence-corrected chi connectivity index (χ3v) is 4.30. The molecule has 0 spiro atoms. The van der Waals surface area contributed by atoms with Crippen LogP contribution in [-0.4, -0.2) is 22.3 Å². The highest BCUT2D eigenvalue weighted by atomic mass is 35.5. The zero-order valence-corrected chi connectivity index (χ0v) is 11.2. The Bertz CT molecular complexity index is 596. The third kappa shape index (κ3) is 2.13. The number of thiophene rings is 1. The topological polar surface area (TPSA) is 33.2 Å². The first-order valence-electron chi connectivity index (χ1n) is 5.70. The van der Waals surface area contributed by atoms with Crippen LogP contribution in [0, 0.1) is 0 Å². The Balaban J connectivity index is 1.83. The molecule has 0 atom stereocenters. The fourth-order valence-electron chi connectivity index (χ4n) is 2.14. The van der Waals surface area contributed by atoms with E-state index in [9.17, 15) is 4.79 Å². The van der Waals surface area contributed by atoms with Crippen LogP contribution in [-0.2, 0) is 13.0 Å². The molecule has 0 aromatic carbocycles. The summed E-state index contributed by atoms with van der Waals surface area (Å²) in [5, 5.41) is 2.44. The van der Waals surface area contributed by atoms with Gasteiger partial charge in [0, 0.05) is 29.7 Å². The SMILES string of the molecule is O=C(c1ccnc(Cl)c1)N1CCc2sccc2C1. The minimum atomic E-state index is 0.0242. The van der Waals surface area contributed by atoms with E-state index in [4.69, 9.17) is 11.6 Å². The molecule has 3 rings (SSSR count). The minimum Gasteiger partial charge on any atom is -0.334 e. The summed E-state index contributed by atoms with van der Waals surface area (Å²) in [6.45, 7) is 1.46. The van der Waals surface area contributed by atoms with E-state index in [1.54, 1.807) is 29.7 Å². The summed E-state index contributed by atoms with van der Waals surface area (Å²) in [5.74, 6) is 0.0242. The van der Waals surface area contributed by atoms with Crippen molar-refractivity contribution in [3.05, 3.63) is 50.9 Å². The van der Waals surface area contributed by atoms with Crippen molar-refractivity contribution in [1.82, 2.24) is 9.88 Å². The van der Waals surface area contributed by atoms with Crippen LogP contribution in [0.1, 0.15) is 20.8 Å². The van der Waals surface area contributed by atoms with E-state index in [2.05, 4.69) is 16.4 Å². The van der Waals surface area contributed by atoms with Gasteiger partial charge in [-0.2, -0.15) is 0 Å². The first kappa shape index (κ1) is 11.7. The summed E-state index contributed by atoms with van der Waals surface area (Å²) in [5.41, 5.74) is 1.87. The number of amides is 1. The van der Waals surface area contributed by atoms with Gasteiger partial charge in [-0.15, -0.1) is 11.3 Å². The molecular weight excluding hydrogens is 268 g/mol. The molecule has 3 nitrogen and oxygen atoms in total. The van der Waals surface area contributed by atoms with Crippen molar-refractivity contribution >= 4 is 28.8 Å². The molecule has 3 heterocycles. The standard InChI is InChI=1S/C13H11ClN2OS/c14-12-7-9(1-4-15-12)13(17)16-5-2-11-10(8-16)3-6-18-11/h1,3-4,6-7H,2,5,8H2. The average molecular weight is 279 g/mol. The Morgan fingerprint density at radius 2 is 2.33 bits per heavy atom. The molecule has 0 saturated carbocycles. The van der Waals surface area contributed by atoms with Gasteiger partial charge in [-0.3, -0.25) is 4.79 Å². The third-order valence-electron chi connectivity index (χ3n) is 3.07. The molecule has 5 heteroatoms. The van der Waals surface area contributed by atoms with Gasteiger partial charge < -0.3 is 4.90 Å².